The Morgan fingerprint density at radius 1 is 1.20 bits per heavy atom. The molecule has 7 nitrogen and oxygen atoms in total. The summed E-state index contributed by atoms with van der Waals surface area (Å²) in [6.07, 6.45) is 4.16. The van der Waals surface area contributed by atoms with Crippen LogP contribution in [0.1, 0.15) is 18.4 Å². The van der Waals surface area contributed by atoms with Gasteiger partial charge in [0.05, 0.1) is 41.1 Å². The van der Waals surface area contributed by atoms with E-state index in [1.54, 1.807) is 23.1 Å². The number of nitrogens with one attached hydrogen (secondary N) is 2. The normalized spacial score (nSPS) is 13.3. The van der Waals surface area contributed by atoms with Gasteiger partial charge in [-0.15, -0.1) is 0 Å². The summed E-state index contributed by atoms with van der Waals surface area (Å²) in [6, 6.07) is 13.8. The molecular weight excluding hydrogens is 383 g/mol. The van der Waals surface area contributed by atoms with Gasteiger partial charge in [-0.05, 0) is 37.1 Å². The fourth-order valence-electron chi connectivity index (χ4n) is 3.29. The van der Waals surface area contributed by atoms with Crippen LogP contribution in [0.25, 0.3) is 11.3 Å². The minimum atomic E-state index is -0.527. The largest absolute Gasteiger partial charge is 0.382 e. The van der Waals surface area contributed by atoms with Crippen LogP contribution in [-0.4, -0.2) is 29.1 Å². The van der Waals surface area contributed by atoms with Gasteiger partial charge in [0.15, 0.2) is 5.82 Å². The zero-order valence-electron chi connectivity index (χ0n) is 16.1. The number of amides is 2. The third kappa shape index (κ3) is 4.20. The van der Waals surface area contributed by atoms with E-state index in [1.807, 2.05) is 18.2 Å². The van der Waals surface area contributed by atoms with Crippen molar-refractivity contribution in [3.8, 4) is 17.3 Å². The number of nitrogens with zero attached hydrogens (tertiary/aromatic N) is 4. The summed E-state index contributed by atoms with van der Waals surface area (Å²) in [7, 11) is 0. The van der Waals surface area contributed by atoms with E-state index < -0.39 is 11.8 Å². The molecule has 1 aromatic carbocycles. The summed E-state index contributed by atoms with van der Waals surface area (Å²) in [4.78, 5) is 23.0. The van der Waals surface area contributed by atoms with Crippen LogP contribution in [0, 0.1) is 17.1 Å². The van der Waals surface area contributed by atoms with Crippen molar-refractivity contribution in [2.75, 3.05) is 28.6 Å². The van der Waals surface area contributed by atoms with E-state index in [1.165, 1.54) is 12.3 Å². The maximum atomic E-state index is 13.4. The van der Waals surface area contributed by atoms with Crippen molar-refractivity contribution in [3.63, 3.8) is 0 Å². The molecule has 0 fully saturated rings. The maximum absolute atomic E-state index is 13.4. The first-order chi connectivity index (χ1) is 14.6. The molecule has 0 saturated carbocycles. The molecule has 1 aliphatic rings. The van der Waals surface area contributed by atoms with Crippen molar-refractivity contribution in [2.24, 2.45) is 0 Å². The second-order valence-corrected chi connectivity index (χ2v) is 6.87. The molecule has 1 aliphatic heterocycles. The Hall–Kier alpha value is -3.99. The lowest BCUT2D eigenvalue weighted by Crippen LogP contribution is -2.38. The standard InChI is InChI=1S/C22H19FN6O/c23-17-11-18(14-25-13-17)27-22(30)29-9-2-1-8-26-20-7-6-19(28-21(20)29)16-5-3-4-15(10-16)12-24/h3-7,10-11,13-14,26H,1-2,8-9H2,(H,27,30). The predicted molar refractivity (Wildman–Crippen MR) is 113 cm³/mol. The first-order valence-electron chi connectivity index (χ1n) is 9.58. The van der Waals surface area contributed by atoms with Gasteiger partial charge in [0, 0.05) is 24.7 Å². The Labute approximate surface area is 173 Å². The number of benzene rings is 1. The lowest BCUT2D eigenvalue weighted by Gasteiger charge is -2.27. The van der Waals surface area contributed by atoms with Crippen LogP contribution in [-0.2, 0) is 0 Å². The summed E-state index contributed by atoms with van der Waals surface area (Å²) >= 11 is 0. The lowest BCUT2D eigenvalue weighted by atomic mass is 10.1. The molecule has 4 rings (SSSR count). The van der Waals surface area contributed by atoms with Crippen molar-refractivity contribution in [3.05, 3.63) is 66.2 Å². The van der Waals surface area contributed by atoms with E-state index in [0.717, 1.165) is 36.8 Å². The Bertz CT molecular complexity index is 1130. The number of nitriles is 1. The number of halogens is 1. The van der Waals surface area contributed by atoms with Crippen molar-refractivity contribution < 1.29 is 9.18 Å². The van der Waals surface area contributed by atoms with Gasteiger partial charge in [0.25, 0.3) is 0 Å². The Morgan fingerprint density at radius 3 is 2.93 bits per heavy atom. The number of hydrogen-bond acceptors (Lipinski definition) is 5. The molecule has 0 radical (unpaired) electrons. The van der Waals surface area contributed by atoms with Gasteiger partial charge >= 0.3 is 6.03 Å². The highest BCUT2D eigenvalue weighted by Gasteiger charge is 2.23. The molecule has 3 heterocycles. The molecule has 0 saturated heterocycles. The molecule has 0 bridgehead atoms. The number of urea groups is 1. The molecule has 8 heteroatoms. The van der Waals surface area contributed by atoms with E-state index in [0.29, 0.717) is 23.6 Å². The lowest BCUT2D eigenvalue weighted by molar-refractivity contribution is 0.256. The highest BCUT2D eigenvalue weighted by molar-refractivity contribution is 6.03. The topological polar surface area (TPSA) is 93.9 Å². The highest BCUT2D eigenvalue weighted by atomic mass is 19.1. The van der Waals surface area contributed by atoms with Gasteiger partial charge in [0.1, 0.15) is 5.82 Å². The molecule has 0 aliphatic carbocycles. The van der Waals surface area contributed by atoms with Crippen LogP contribution in [0.4, 0.5) is 26.4 Å². The number of pyridine rings is 2. The van der Waals surface area contributed by atoms with Crippen LogP contribution in [0.3, 0.4) is 0 Å². The molecule has 2 aromatic heterocycles. The van der Waals surface area contributed by atoms with Gasteiger partial charge in [-0.1, -0.05) is 12.1 Å². The average Bonchev–Trinajstić information content (AvgIpc) is 2.74. The molecule has 3 aromatic rings. The van der Waals surface area contributed by atoms with Crippen LogP contribution in [0.2, 0.25) is 0 Å². The molecule has 2 amide bonds. The number of rotatable bonds is 2. The number of carbonyl (C=O) groups excluding carboxylic acids is 1. The predicted octanol–water partition coefficient (Wildman–Crippen LogP) is 4.40. The number of carbonyl (C=O) groups is 1. The Balaban J connectivity index is 1.70. The first kappa shape index (κ1) is 19.3. The van der Waals surface area contributed by atoms with Gasteiger partial charge in [-0.25, -0.2) is 14.2 Å². The zero-order valence-corrected chi connectivity index (χ0v) is 16.1. The van der Waals surface area contributed by atoms with Gasteiger partial charge in [-0.2, -0.15) is 5.26 Å². The van der Waals surface area contributed by atoms with Crippen LogP contribution in [0.15, 0.2) is 54.9 Å². The van der Waals surface area contributed by atoms with Crippen LogP contribution < -0.4 is 15.5 Å². The van der Waals surface area contributed by atoms with E-state index in [9.17, 15) is 14.4 Å². The summed E-state index contributed by atoms with van der Waals surface area (Å²) in [5, 5.41) is 15.2. The van der Waals surface area contributed by atoms with Crippen molar-refractivity contribution in [2.45, 2.75) is 12.8 Å². The van der Waals surface area contributed by atoms with E-state index in [2.05, 4.69) is 21.7 Å². The number of aromatic nitrogens is 2. The minimum Gasteiger partial charge on any atom is -0.382 e. The second kappa shape index (κ2) is 8.57. The van der Waals surface area contributed by atoms with Gasteiger partial charge in [0.2, 0.25) is 0 Å². The monoisotopic (exact) mass is 402 g/mol. The molecule has 0 atom stereocenters. The molecular formula is C22H19FN6O. The van der Waals surface area contributed by atoms with E-state index >= 15 is 0 Å². The van der Waals surface area contributed by atoms with Crippen molar-refractivity contribution >= 4 is 23.2 Å². The zero-order chi connectivity index (χ0) is 20.9. The fourth-order valence-corrected chi connectivity index (χ4v) is 3.29. The molecule has 150 valence electrons. The Kier molecular flexibility index (Phi) is 5.52. The SMILES string of the molecule is N#Cc1cccc(-c2ccc3c(n2)N(C(=O)Nc2cncc(F)c2)CCCCN3)c1. The van der Waals surface area contributed by atoms with Crippen LogP contribution >= 0.6 is 0 Å². The first-order valence-corrected chi connectivity index (χ1v) is 9.58. The third-order valence-electron chi connectivity index (χ3n) is 4.74. The van der Waals surface area contributed by atoms with Crippen LogP contribution in [0.5, 0.6) is 0 Å². The highest BCUT2D eigenvalue weighted by Crippen LogP contribution is 2.30. The molecule has 0 unspecified atom stereocenters. The maximum Gasteiger partial charge on any atom is 0.327 e. The number of fused-ring (bicyclic) bond motifs is 1. The van der Waals surface area contributed by atoms with Crippen molar-refractivity contribution in [1.29, 1.82) is 5.26 Å². The van der Waals surface area contributed by atoms with E-state index in [-0.39, 0.29) is 5.69 Å². The summed E-state index contributed by atoms with van der Waals surface area (Å²) in [5.74, 6) is -0.0447. The van der Waals surface area contributed by atoms with Crippen molar-refractivity contribution in [1.82, 2.24) is 9.97 Å². The summed E-state index contributed by atoms with van der Waals surface area (Å²) < 4.78 is 13.4. The quantitative estimate of drug-likeness (QED) is 0.663. The van der Waals surface area contributed by atoms with Gasteiger partial charge in [-0.3, -0.25) is 9.88 Å². The Morgan fingerprint density at radius 2 is 2.10 bits per heavy atom. The molecule has 0 spiro atoms. The second-order valence-electron chi connectivity index (χ2n) is 6.87. The third-order valence-corrected chi connectivity index (χ3v) is 4.74. The van der Waals surface area contributed by atoms with E-state index in [4.69, 9.17) is 4.98 Å². The molecule has 30 heavy (non-hydrogen) atoms. The minimum absolute atomic E-state index is 0.273. The smallest absolute Gasteiger partial charge is 0.327 e. The summed E-state index contributed by atoms with van der Waals surface area (Å²) in [5.41, 5.74) is 2.98. The van der Waals surface area contributed by atoms with Gasteiger partial charge < -0.3 is 10.6 Å². The number of anilines is 3. The number of hydrogen-bond donors (Lipinski definition) is 2. The fraction of sp³-hybridized carbons (Fsp3) is 0.182. The summed E-state index contributed by atoms with van der Waals surface area (Å²) in [6.45, 7) is 1.25. The average molecular weight is 402 g/mol. The molecule has 2 N–H and O–H groups in total.